The van der Waals surface area contributed by atoms with Crippen LogP contribution in [0, 0.1) is 52.9 Å². The number of ether oxygens (including phenoxy) is 10. The number of aliphatic hydroxyl groups is 5. The number of amides is 1. The van der Waals surface area contributed by atoms with Gasteiger partial charge >= 0.3 is 5.97 Å². The van der Waals surface area contributed by atoms with E-state index >= 15 is 0 Å². The van der Waals surface area contributed by atoms with Gasteiger partial charge in [-0.2, -0.15) is 5.48 Å². The molecule has 89 heavy (non-hydrogen) atoms. The number of carbonyl (C=O) groups excluding carboxylic acids is 5. The fourth-order valence-electron chi connectivity index (χ4n) is 11.5. The van der Waals surface area contributed by atoms with Gasteiger partial charge in [-0.05, 0) is 108 Å². The molecule has 28 heteroatoms. The van der Waals surface area contributed by atoms with Crippen molar-refractivity contribution >= 4 is 84.5 Å². The summed E-state index contributed by atoms with van der Waals surface area (Å²) in [5, 5.41) is 57.1. The monoisotopic (exact) mass is 1420 g/mol. The highest BCUT2D eigenvalue weighted by Gasteiger charge is 2.52. The number of allylic oxidation sites excluding steroid dienone is 2. The lowest BCUT2D eigenvalue weighted by Gasteiger charge is -2.46. The number of methoxy groups -OCH3 is 3. The molecule has 2 aliphatic carbocycles. The van der Waals surface area contributed by atoms with E-state index in [4.69, 9.17) is 58.0 Å². The molecule has 1 aromatic carbocycles. The van der Waals surface area contributed by atoms with Crippen molar-refractivity contribution in [2.45, 2.75) is 209 Å². The Hall–Kier alpha value is -3.71. The van der Waals surface area contributed by atoms with Crippen molar-refractivity contribution in [1.82, 2.24) is 10.9 Å². The molecule has 0 aromatic heterocycles. The van der Waals surface area contributed by atoms with E-state index in [2.05, 4.69) is 34.6 Å². The van der Waals surface area contributed by atoms with E-state index in [0.717, 1.165) is 11.8 Å². The average Bonchev–Trinajstić information content (AvgIpc) is 1.32. The van der Waals surface area contributed by atoms with Gasteiger partial charge in [0.15, 0.2) is 30.3 Å². The number of hydrogen-bond donors (Lipinski definition) is 8. The van der Waals surface area contributed by atoms with Gasteiger partial charge in [0, 0.05) is 65.6 Å². The van der Waals surface area contributed by atoms with E-state index in [0.29, 0.717) is 26.9 Å². The molecule has 9 N–H and O–H groups in total. The van der Waals surface area contributed by atoms with Crippen LogP contribution in [0.5, 0.6) is 11.5 Å². The predicted octanol–water partition coefficient (Wildman–Crippen LogP) is 3.87. The Balaban J connectivity index is 1.12. The highest BCUT2D eigenvalue weighted by Crippen LogP contribution is 2.46. The predicted molar refractivity (Wildman–Crippen MR) is 336 cm³/mol. The first kappa shape index (κ1) is 72.7. The lowest BCUT2D eigenvalue weighted by molar-refractivity contribution is -0.335. The Kier molecular flexibility index (Phi) is 26.1. The van der Waals surface area contributed by atoms with Crippen molar-refractivity contribution in [3.05, 3.63) is 55.2 Å². The maximum atomic E-state index is 14.4. The summed E-state index contributed by atoms with van der Waals surface area (Å²) in [5.74, 6) is 15.7. The summed E-state index contributed by atoms with van der Waals surface area (Å²) in [6.45, 7) is 15.7. The Morgan fingerprint density at radius 2 is 1.61 bits per heavy atom. The molecule has 17 unspecified atom stereocenters. The second-order valence-corrected chi connectivity index (χ2v) is 28.7. The molecule has 0 saturated carbocycles. The lowest BCUT2D eigenvalue weighted by atomic mass is 9.72. The molecular formula is C61H82IN3O21S3. The van der Waals surface area contributed by atoms with Gasteiger partial charge in [0.25, 0.3) is 0 Å². The van der Waals surface area contributed by atoms with Crippen LogP contribution in [-0.2, 0) is 61.9 Å². The van der Waals surface area contributed by atoms with Crippen molar-refractivity contribution in [2.24, 2.45) is 17.7 Å². The zero-order valence-corrected chi connectivity index (χ0v) is 56.3. The van der Waals surface area contributed by atoms with E-state index in [1.165, 1.54) is 62.0 Å². The van der Waals surface area contributed by atoms with Gasteiger partial charge in [0.1, 0.15) is 53.9 Å². The van der Waals surface area contributed by atoms with Crippen LogP contribution in [0.25, 0.3) is 0 Å². The number of hydroxylamine groups is 1. The second kappa shape index (κ2) is 31.9. The van der Waals surface area contributed by atoms with Gasteiger partial charge in [0.2, 0.25) is 17.3 Å². The molecule has 4 heterocycles. The number of benzene rings is 1. The molecule has 492 valence electrons. The Bertz CT molecular complexity index is 2990. The van der Waals surface area contributed by atoms with Gasteiger partial charge in [-0.3, -0.25) is 29.4 Å². The number of rotatable bonds is 23. The largest absolute Gasteiger partial charge is 0.496 e. The summed E-state index contributed by atoms with van der Waals surface area (Å²) < 4.78 is 60.8. The van der Waals surface area contributed by atoms with Crippen LogP contribution < -0.4 is 26.2 Å². The second-order valence-electron chi connectivity index (χ2n) is 23.5. The minimum Gasteiger partial charge on any atom is -0.496 e. The number of esters is 1. The molecule has 4 saturated heterocycles. The Morgan fingerprint density at radius 3 is 2.26 bits per heavy atom. The molecule has 24 nitrogen and oxygen atoms in total. The molecular weight excluding hydrogens is 1330 g/mol. The molecule has 4 fully saturated rings. The molecule has 1 amide bonds. The van der Waals surface area contributed by atoms with E-state index < -0.39 is 138 Å². The van der Waals surface area contributed by atoms with Crippen LogP contribution in [0.1, 0.15) is 108 Å². The Morgan fingerprint density at radius 1 is 0.899 bits per heavy atom. The lowest BCUT2D eigenvalue weighted by Crippen LogP contribution is -2.64. The fraction of sp³-hybridized carbons (Fsp3) is 0.656. The Labute approximate surface area is 544 Å². The van der Waals surface area contributed by atoms with Crippen molar-refractivity contribution in [3.8, 4) is 35.2 Å². The molecule has 0 radical (unpaired) electrons. The highest BCUT2D eigenvalue weighted by molar-refractivity contribution is 14.1. The number of hydrogen-bond acceptors (Lipinski definition) is 26. The van der Waals surface area contributed by atoms with Crippen LogP contribution in [0.15, 0.2) is 34.9 Å². The number of hydrazine groups is 1. The van der Waals surface area contributed by atoms with E-state index in [1.54, 1.807) is 40.7 Å². The number of carbonyl (C=O) groups is 5. The minimum atomic E-state index is -2.12. The first-order valence-corrected chi connectivity index (χ1v) is 33.4. The number of thioether (sulfide) groups is 1. The third-order valence-electron chi connectivity index (χ3n) is 16.3. The number of nitrogens with one attached hydrogen (secondary N) is 2. The number of fused-ring (bicyclic) bond motifs is 2. The number of ketones is 2. The summed E-state index contributed by atoms with van der Waals surface area (Å²) in [7, 11) is 6.69. The zero-order valence-electron chi connectivity index (χ0n) is 51.7. The summed E-state index contributed by atoms with van der Waals surface area (Å²) in [6, 6.07) is -1.11. The van der Waals surface area contributed by atoms with Gasteiger partial charge in [0.05, 0.1) is 78.5 Å². The van der Waals surface area contributed by atoms with Crippen LogP contribution in [-0.4, -0.2) is 196 Å². The van der Waals surface area contributed by atoms with E-state index in [9.17, 15) is 49.5 Å². The van der Waals surface area contributed by atoms with Crippen molar-refractivity contribution in [2.75, 3.05) is 33.7 Å². The van der Waals surface area contributed by atoms with Gasteiger partial charge < -0.3 is 77.7 Å². The third-order valence-corrected chi connectivity index (χ3v) is 22.1. The molecule has 19 atom stereocenters. The van der Waals surface area contributed by atoms with E-state index in [1.807, 2.05) is 43.4 Å². The number of aliphatic hydroxyl groups excluding tert-OH is 4. The van der Waals surface area contributed by atoms with Gasteiger partial charge in [-0.25, -0.2) is 5.84 Å². The highest BCUT2D eigenvalue weighted by atomic mass is 127. The van der Waals surface area contributed by atoms with Gasteiger partial charge in [-0.1, -0.05) is 70.0 Å². The quantitative estimate of drug-likeness (QED) is 0.0113. The minimum absolute atomic E-state index is 0.000449. The first-order chi connectivity index (χ1) is 42.1. The molecule has 2 bridgehead atoms. The molecule has 1 aromatic rings. The van der Waals surface area contributed by atoms with Crippen LogP contribution in [0.4, 0.5) is 0 Å². The fourth-order valence-corrected chi connectivity index (χ4v) is 15.7. The average molecular weight is 1420 g/mol. The van der Waals surface area contributed by atoms with Crippen molar-refractivity contribution < 1.29 is 102 Å². The summed E-state index contributed by atoms with van der Waals surface area (Å²) >= 11 is 2.91. The molecule has 7 rings (SSSR count). The molecule has 4 aliphatic heterocycles. The first-order valence-electron chi connectivity index (χ1n) is 29.1. The SMILES string of the molecule is COC(=O)CC1=C2/C(=C/CSSC(C)(C)CC(=O)NN)[C@](O)(C#C/C=C\C#C[C@@H]2OC2OC(C)C(NOC3CC(O)C(SC(=O)c4c(C)c(I)c(OC5OC(C)C(O)C(OC)C5O)c(C)c4OC)C(C)O3)C(O)C2OC2CC(C)C(CC(C)=O)CO2)CC1=O. The zero-order chi connectivity index (χ0) is 65.4. The topological polar surface area (TPSA) is 338 Å². The number of Topliss-reactive ketones (excluding diaryl/α,β-unsaturated/α-hetero) is 2. The van der Waals surface area contributed by atoms with Crippen molar-refractivity contribution in [3.63, 3.8) is 0 Å². The maximum Gasteiger partial charge on any atom is 0.310 e. The normalized spacial score (nSPS) is 34.7. The van der Waals surface area contributed by atoms with Crippen LogP contribution >= 0.6 is 55.9 Å². The maximum absolute atomic E-state index is 14.4. The smallest absolute Gasteiger partial charge is 0.310 e. The van der Waals surface area contributed by atoms with Crippen LogP contribution in [0.2, 0.25) is 0 Å². The summed E-state index contributed by atoms with van der Waals surface area (Å²) in [6.07, 6.45) is -12.5. The number of halogens is 1. The summed E-state index contributed by atoms with van der Waals surface area (Å²) in [4.78, 5) is 72.4. The molecule has 6 aliphatic rings. The molecule has 0 spiro atoms. The van der Waals surface area contributed by atoms with Crippen molar-refractivity contribution in [1.29, 1.82) is 0 Å². The summed E-state index contributed by atoms with van der Waals surface area (Å²) in [5.41, 5.74) is 4.17. The van der Waals surface area contributed by atoms with Crippen LogP contribution in [0.3, 0.4) is 0 Å². The van der Waals surface area contributed by atoms with Gasteiger partial charge in [-0.15, -0.1) is 0 Å². The number of nitrogens with two attached hydrogens (primary N) is 1. The standard InChI is InChI=1S/C61H82IN3O21S3/c1-28-21-43(79-27-35(28)22-29(2)66)84-55-50(72)48(65-86-44-24-38(67)56(34(7)80-44)88-57(74)45-30(3)47(62)53(31(4)52(45)77-11)85-58-51(73)54(78-12)49(71)33(6)82-58)32(5)81-59(55)83-40-17-15-13-14-16-19-61(75)25-39(68)36(23-42(70)76-10)46(40)37(61)18-20-87-89-60(8,9)26-41(69)64-63/h13-14,18,28,32-35,38,40,43-44,48-51,54-56,58-59,65,67,71-73,75H,20-27,63H2,1-12H3,(H,64,69)/b14-13-,37-18-/t28?,32?,33?,34?,35?,38?,40-,43?,44?,48?,49?,50?,51?,54?,55?,56?,58?,59?,61-/m0/s1. The third kappa shape index (κ3) is 17.6. The van der Waals surface area contributed by atoms with E-state index in [-0.39, 0.29) is 83.2 Å².